The summed E-state index contributed by atoms with van der Waals surface area (Å²) in [7, 11) is 3.34. The Morgan fingerprint density at radius 3 is 1.63 bits per heavy atom. The predicted octanol–water partition coefficient (Wildman–Crippen LogP) is 5.43. The topological polar surface area (TPSA) is 44.5 Å². The van der Waals surface area contributed by atoms with Gasteiger partial charge in [-0.05, 0) is 58.7 Å². The second-order valence-corrected chi connectivity index (χ2v) is 6.06. The molecule has 0 aliphatic rings. The largest absolute Gasteiger partial charge is 0.497 e. The highest BCUT2D eigenvalue weighted by Gasteiger charge is 2.05. The number of benzene rings is 3. The minimum atomic E-state index is 0.764. The van der Waals surface area contributed by atoms with Gasteiger partial charge in [-0.25, -0.2) is 0 Å². The van der Waals surface area contributed by atoms with Crippen LogP contribution >= 0.6 is 0 Å². The fraction of sp³-hybridized carbons (Fsp3) is 0.0833. The molecular weight excluding hydrogens is 334 g/mol. The van der Waals surface area contributed by atoms with Gasteiger partial charge in [-0.15, -0.1) is 0 Å². The van der Waals surface area contributed by atoms with Gasteiger partial charge in [0.1, 0.15) is 11.5 Å². The first kappa shape index (κ1) is 18.3. The van der Waals surface area contributed by atoms with Crippen molar-refractivity contribution in [1.82, 2.24) is 0 Å². The van der Waals surface area contributed by atoms with E-state index in [1.165, 1.54) is 0 Å². The molecule has 0 saturated heterocycles. The van der Waals surface area contributed by atoms with E-state index in [4.69, 9.17) is 15.2 Å². The van der Waals surface area contributed by atoms with Crippen molar-refractivity contribution in [3.8, 4) is 11.5 Å². The van der Waals surface area contributed by atoms with Crippen molar-refractivity contribution in [2.45, 2.75) is 0 Å². The second kappa shape index (κ2) is 8.77. The molecule has 0 heterocycles. The van der Waals surface area contributed by atoms with E-state index >= 15 is 0 Å². The van der Waals surface area contributed by atoms with Crippen molar-refractivity contribution in [2.75, 3.05) is 20.0 Å². The minimum Gasteiger partial charge on any atom is -0.497 e. The third-order valence-electron chi connectivity index (χ3n) is 4.29. The molecule has 0 bridgehead atoms. The second-order valence-electron chi connectivity index (χ2n) is 6.06. The summed E-state index contributed by atoms with van der Waals surface area (Å²) < 4.78 is 10.5. The lowest BCUT2D eigenvalue weighted by Gasteiger charge is -2.10. The van der Waals surface area contributed by atoms with Crippen LogP contribution in [0.2, 0.25) is 0 Å². The van der Waals surface area contributed by atoms with Gasteiger partial charge in [0.05, 0.1) is 14.2 Å². The molecule has 3 nitrogen and oxygen atoms in total. The van der Waals surface area contributed by atoms with Crippen molar-refractivity contribution in [2.24, 2.45) is 0 Å². The highest BCUT2D eigenvalue weighted by atomic mass is 16.5. The lowest BCUT2D eigenvalue weighted by molar-refractivity contribution is 0.414. The number of hydrogen-bond acceptors (Lipinski definition) is 3. The molecule has 0 aliphatic heterocycles. The molecule has 0 unspecified atom stereocenters. The van der Waals surface area contributed by atoms with E-state index in [1.807, 2.05) is 48.5 Å². The third kappa shape index (κ3) is 4.79. The lowest BCUT2D eigenvalue weighted by atomic mass is 9.97. The number of methoxy groups -OCH3 is 2. The van der Waals surface area contributed by atoms with Gasteiger partial charge >= 0.3 is 0 Å². The van der Waals surface area contributed by atoms with Crippen LogP contribution < -0.4 is 15.2 Å². The van der Waals surface area contributed by atoms with Crippen LogP contribution in [-0.4, -0.2) is 14.2 Å². The molecule has 0 aliphatic carbocycles. The Kier molecular flexibility index (Phi) is 5.95. The van der Waals surface area contributed by atoms with Crippen LogP contribution in [-0.2, 0) is 0 Å². The number of nitrogen functional groups attached to an aromatic ring is 1. The van der Waals surface area contributed by atoms with Crippen molar-refractivity contribution in [1.29, 1.82) is 0 Å². The zero-order valence-corrected chi connectivity index (χ0v) is 15.6. The van der Waals surface area contributed by atoms with Crippen LogP contribution in [0.1, 0.15) is 16.7 Å². The van der Waals surface area contributed by atoms with Crippen LogP contribution in [0.3, 0.4) is 0 Å². The molecule has 27 heavy (non-hydrogen) atoms. The summed E-state index contributed by atoms with van der Waals surface area (Å²) in [5.74, 6) is 1.68. The highest BCUT2D eigenvalue weighted by Crippen LogP contribution is 2.27. The molecule has 3 heteroatoms. The van der Waals surface area contributed by atoms with Crippen LogP contribution in [0.15, 0.2) is 84.9 Å². The van der Waals surface area contributed by atoms with E-state index < -0.39 is 0 Å². The third-order valence-corrected chi connectivity index (χ3v) is 4.29. The van der Waals surface area contributed by atoms with Gasteiger partial charge in [0, 0.05) is 5.69 Å². The van der Waals surface area contributed by atoms with Crippen LogP contribution in [0, 0.1) is 0 Å². The number of nitrogens with two attached hydrogens (primary N) is 1. The molecule has 2 N–H and O–H groups in total. The lowest BCUT2D eigenvalue weighted by Crippen LogP contribution is -1.90. The number of rotatable bonds is 6. The van der Waals surface area contributed by atoms with Gasteiger partial charge in [0.15, 0.2) is 0 Å². The summed E-state index contributed by atoms with van der Waals surface area (Å²) >= 11 is 0. The van der Waals surface area contributed by atoms with Gasteiger partial charge in [0.25, 0.3) is 0 Å². The van der Waals surface area contributed by atoms with Crippen LogP contribution in [0.4, 0.5) is 5.69 Å². The maximum absolute atomic E-state index is 5.75. The van der Waals surface area contributed by atoms with Crippen molar-refractivity contribution < 1.29 is 9.47 Å². The quantitative estimate of drug-likeness (QED) is 0.472. The molecular formula is C24H23NO2. The first-order valence-electron chi connectivity index (χ1n) is 8.72. The summed E-state index contributed by atoms with van der Waals surface area (Å²) in [5.41, 5.74) is 11.0. The molecule has 3 aromatic rings. The maximum atomic E-state index is 5.75. The number of allylic oxidation sites excluding steroid dienone is 2. The van der Waals surface area contributed by atoms with Gasteiger partial charge in [-0.3, -0.25) is 0 Å². The van der Waals surface area contributed by atoms with E-state index in [0.717, 1.165) is 39.4 Å². The molecule has 0 saturated carbocycles. The van der Waals surface area contributed by atoms with E-state index in [9.17, 15) is 0 Å². The SMILES string of the molecule is COc1ccc(C(=CC=Cc2ccc(N)cc2)c2ccc(OC)cc2)cc1. The Morgan fingerprint density at radius 2 is 1.19 bits per heavy atom. The molecule has 0 atom stereocenters. The first-order valence-corrected chi connectivity index (χ1v) is 8.72. The van der Waals surface area contributed by atoms with E-state index in [0.29, 0.717) is 0 Å². The molecule has 0 radical (unpaired) electrons. The fourth-order valence-electron chi connectivity index (χ4n) is 2.76. The van der Waals surface area contributed by atoms with Crippen LogP contribution in [0.5, 0.6) is 11.5 Å². The monoisotopic (exact) mass is 357 g/mol. The Morgan fingerprint density at radius 1 is 0.704 bits per heavy atom. The van der Waals surface area contributed by atoms with Gasteiger partial charge in [-0.2, -0.15) is 0 Å². The summed E-state index contributed by atoms with van der Waals surface area (Å²) in [6.07, 6.45) is 6.22. The first-order chi connectivity index (χ1) is 13.2. The van der Waals surface area contributed by atoms with E-state index in [1.54, 1.807) is 14.2 Å². The Balaban J connectivity index is 1.95. The van der Waals surface area contributed by atoms with Gasteiger partial charge < -0.3 is 15.2 Å². The summed E-state index contributed by atoms with van der Waals surface area (Å²) in [4.78, 5) is 0. The summed E-state index contributed by atoms with van der Waals surface area (Å²) in [6.45, 7) is 0. The molecule has 3 aromatic carbocycles. The van der Waals surface area contributed by atoms with Crippen molar-refractivity contribution in [3.63, 3.8) is 0 Å². The average Bonchev–Trinajstić information content (AvgIpc) is 2.73. The Bertz CT molecular complexity index is 872. The summed E-state index contributed by atoms with van der Waals surface area (Å²) in [6, 6.07) is 23.9. The van der Waals surface area contributed by atoms with E-state index in [-0.39, 0.29) is 0 Å². The van der Waals surface area contributed by atoms with Gasteiger partial charge in [-0.1, -0.05) is 54.6 Å². The minimum absolute atomic E-state index is 0.764. The molecule has 136 valence electrons. The zero-order valence-electron chi connectivity index (χ0n) is 15.6. The standard InChI is InChI=1S/C24H23NO2/c1-26-22-14-8-19(9-15-22)24(20-10-16-23(27-2)17-11-20)5-3-4-18-6-12-21(25)13-7-18/h3-17H,25H2,1-2H3. The molecule has 0 amide bonds. The van der Waals surface area contributed by atoms with Crippen molar-refractivity contribution in [3.05, 3.63) is 102 Å². The molecule has 0 fully saturated rings. The molecule has 0 spiro atoms. The van der Waals surface area contributed by atoms with E-state index in [2.05, 4.69) is 42.5 Å². The smallest absolute Gasteiger partial charge is 0.118 e. The average molecular weight is 357 g/mol. The molecule has 0 aromatic heterocycles. The number of hydrogen-bond donors (Lipinski definition) is 1. The number of ether oxygens (including phenoxy) is 2. The van der Waals surface area contributed by atoms with Crippen LogP contribution in [0.25, 0.3) is 11.6 Å². The highest BCUT2D eigenvalue weighted by molar-refractivity contribution is 5.82. The zero-order chi connectivity index (χ0) is 19.1. The Hall–Kier alpha value is -3.46. The van der Waals surface area contributed by atoms with Gasteiger partial charge in [0.2, 0.25) is 0 Å². The summed E-state index contributed by atoms with van der Waals surface area (Å²) in [5, 5.41) is 0. The normalized spacial score (nSPS) is 10.6. The predicted molar refractivity (Wildman–Crippen MR) is 113 cm³/mol. The fourth-order valence-corrected chi connectivity index (χ4v) is 2.76. The maximum Gasteiger partial charge on any atom is 0.118 e. The number of anilines is 1. The molecule has 3 rings (SSSR count). The Labute approximate surface area is 160 Å². The van der Waals surface area contributed by atoms with Crippen molar-refractivity contribution >= 4 is 17.3 Å².